The topological polar surface area (TPSA) is 68.2 Å². The van der Waals surface area contributed by atoms with Gasteiger partial charge >= 0.3 is 13.2 Å². The van der Waals surface area contributed by atoms with Crippen LogP contribution < -0.4 is 10.2 Å². The molecule has 1 N–H and O–H groups in total. The first-order valence-corrected chi connectivity index (χ1v) is 8.82. The summed E-state index contributed by atoms with van der Waals surface area (Å²) < 4.78 is 18.3. The average molecular weight is 345 g/mol. The lowest BCUT2D eigenvalue weighted by Gasteiger charge is -2.32. The van der Waals surface area contributed by atoms with Crippen LogP contribution in [-0.4, -0.2) is 53.6 Å². The Morgan fingerprint density at radius 3 is 2.56 bits per heavy atom. The van der Waals surface area contributed by atoms with E-state index in [1.807, 2.05) is 39.8 Å². The van der Waals surface area contributed by atoms with Crippen LogP contribution in [0.15, 0.2) is 18.2 Å². The third kappa shape index (κ3) is 2.61. The molecule has 2 atom stereocenters. The van der Waals surface area contributed by atoms with Gasteiger partial charge in [0.15, 0.2) is 0 Å². The van der Waals surface area contributed by atoms with Crippen molar-refractivity contribution in [2.45, 2.75) is 57.3 Å². The van der Waals surface area contributed by atoms with Crippen LogP contribution in [0.3, 0.4) is 0 Å². The van der Waals surface area contributed by atoms with E-state index in [9.17, 15) is 9.90 Å². The molecule has 2 saturated heterocycles. The van der Waals surface area contributed by atoms with Gasteiger partial charge in [0.05, 0.1) is 17.7 Å². The molecule has 6 nitrogen and oxygen atoms in total. The van der Waals surface area contributed by atoms with E-state index in [-0.39, 0.29) is 23.2 Å². The molecule has 0 saturated carbocycles. The average Bonchev–Trinajstić information content (AvgIpc) is 2.99. The van der Waals surface area contributed by atoms with E-state index in [1.165, 1.54) is 4.90 Å². The van der Waals surface area contributed by atoms with E-state index < -0.39 is 13.2 Å². The summed E-state index contributed by atoms with van der Waals surface area (Å²) in [5.74, 6) is 1.09. The molecule has 1 amide bonds. The molecule has 0 bridgehead atoms. The third-order valence-electron chi connectivity index (χ3n) is 6.07. The molecular weight excluding hydrogens is 321 g/mol. The minimum absolute atomic E-state index is 0.103. The molecule has 0 spiro atoms. The summed E-state index contributed by atoms with van der Waals surface area (Å²) in [5.41, 5.74) is 1.34. The van der Waals surface area contributed by atoms with E-state index in [2.05, 4.69) is 6.07 Å². The Hall–Kier alpha value is -1.73. The number of nitrogens with zero attached hydrogens (tertiary/aromatic N) is 1. The predicted octanol–water partition coefficient (Wildman–Crippen LogP) is 2.21. The van der Waals surface area contributed by atoms with Crippen molar-refractivity contribution in [2.24, 2.45) is 0 Å². The lowest BCUT2D eigenvalue weighted by molar-refractivity contribution is 0.00578. The highest BCUT2D eigenvalue weighted by Crippen LogP contribution is 2.43. The van der Waals surface area contributed by atoms with Gasteiger partial charge in [-0.25, -0.2) is 4.79 Å². The van der Waals surface area contributed by atoms with Gasteiger partial charge in [-0.05, 0) is 45.6 Å². The smallest absolute Gasteiger partial charge is 0.488 e. The Balaban J connectivity index is 1.56. The quantitative estimate of drug-likeness (QED) is 0.791. The molecule has 2 unspecified atom stereocenters. The number of hydrogen-bond acceptors (Lipinski definition) is 4. The summed E-state index contributed by atoms with van der Waals surface area (Å²) in [4.78, 5) is 12.6. The van der Waals surface area contributed by atoms with Crippen LogP contribution in [-0.2, 0) is 9.31 Å². The molecule has 4 rings (SSSR count). The maximum Gasteiger partial charge on any atom is 0.494 e. The molecule has 3 aliphatic heterocycles. The number of piperidine rings is 1. The lowest BCUT2D eigenvalue weighted by Crippen LogP contribution is -2.45. The number of benzene rings is 1. The van der Waals surface area contributed by atoms with Gasteiger partial charge in [-0.2, -0.15) is 0 Å². The highest BCUT2D eigenvalue weighted by atomic mass is 16.7. The molecule has 7 heteroatoms. The fraction of sp³-hybridized carbons (Fsp3) is 0.611. The highest BCUT2D eigenvalue weighted by molar-refractivity contribution is 6.62. The molecular formula is C18H24BNO5. The zero-order valence-electron chi connectivity index (χ0n) is 15.1. The first-order valence-electron chi connectivity index (χ1n) is 8.82. The SMILES string of the molecule is CC1(C)OB(c2ccc3c(c2)OC2CN(C(=O)O)CCC32)OC1(C)C. The van der Waals surface area contributed by atoms with Crippen LogP contribution in [0.5, 0.6) is 5.75 Å². The van der Waals surface area contributed by atoms with E-state index in [1.54, 1.807) is 0 Å². The van der Waals surface area contributed by atoms with E-state index in [0.29, 0.717) is 13.1 Å². The van der Waals surface area contributed by atoms with Gasteiger partial charge in [0.25, 0.3) is 0 Å². The number of carboxylic acid groups (broad SMARTS) is 1. The zero-order valence-corrected chi connectivity index (χ0v) is 15.1. The van der Waals surface area contributed by atoms with Crippen molar-refractivity contribution in [2.75, 3.05) is 13.1 Å². The van der Waals surface area contributed by atoms with Crippen LogP contribution in [0.1, 0.15) is 45.6 Å². The molecule has 1 aromatic rings. The second kappa shape index (κ2) is 5.38. The summed E-state index contributed by atoms with van der Waals surface area (Å²) in [7, 11) is -0.419. The summed E-state index contributed by atoms with van der Waals surface area (Å²) in [6.07, 6.45) is -0.191. The monoisotopic (exact) mass is 345 g/mol. The molecule has 134 valence electrons. The number of likely N-dealkylation sites (tertiary alicyclic amines) is 1. The summed E-state index contributed by atoms with van der Waals surface area (Å²) >= 11 is 0. The van der Waals surface area contributed by atoms with Crippen molar-refractivity contribution in [1.82, 2.24) is 4.90 Å². The number of ether oxygens (including phenoxy) is 1. The maximum atomic E-state index is 11.2. The summed E-state index contributed by atoms with van der Waals surface area (Å²) in [6, 6.07) is 6.11. The van der Waals surface area contributed by atoms with Crippen LogP contribution >= 0.6 is 0 Å². The van der Waals surface area contributed by atoms with Crippen molar-refractivity contribution in [1.29, 1.82) is 0 Å². The first-order chi connectivity index (χ1) is 11.7. The van der Waals surface area contributed by atoms with Gasteiger partial charge in [-0.3, -0.25) is 0 Å². The third-order valence-corrected chi connectivity index (χ3v) is 6.07. The number of carbonyl (C=O) groups is 1. The predicted molar refractivity (Wildman–Crippen MR) is 93.5 cm³/mol. The van der Waals surface area contributed by atoms with E-state index >= 15 is 0 Å². The van der Waals surface area contributed by atoms with Crippen molar-refractivity contribution < 1.29 is 23.9 Å². The fourth-order valence-corrected chi connectivity index (χ4v) is 3.81. The molecule has 25 heavy (non-hydrogen) atoms. The second-order valence-electron chi connectivity index (χ2n) is 8.17. The van der Waals surface area contributed by atoms with Gasteiger partial charge in [-0.1, -0.05) is 12.1 Å². The summed E-state index contributed by atoms with van der Waals surface area (Å²) in [6.45, 7) is 9.11. The number of fused-ring (bicyclic) bond motifs is 3. The van der Waals surface area contributed by atoms with Crippen molar-refractivity contribution >= 4 is 18.7 Å². The first kappa shape index (κ1) is 16.7. The molecule has 3 heterocycles. The van der Waals surface area contributed by atoms with Crippen molar-refractivity contribution in [3.05, 3.63) is 23.8 Å². The molecule has 0 radical (unpaired) electrons. The Morgan fingerprint density at radius 2 is 1.92 bits per heavy atom. The zero-order chi connectivity index (χ0) is 18.0. The minimum atomic E-state index is -0.879. The van der Waals surface area contributed by atoms with Crippen LogP contribution in [0, 0.1) is 0 Å². The standard InChI is InChI=1S/C18H24BNO5/c1-17(2)18(3,4)25-19(24-17)11-5-6-12-13-7-8-20(16(21)22)10-15(13)23-14(12)9-11/h5-6,9,13,15H,7-8,10H2,1-4H3,(H,21,22). The Bertz CT molecular complexity index is 703. The molecule has 1 aromatic carbocycles. The molecule has 0 aliphatic carbocycles. The van der Waals surface area contributed by atoms with Crippen molar-refractivity contribution in [3.8, 4) is 5.75 Å². The Kier molecular flexibility index (Phi) is 3.60. The lowest BCUT2D eigenvalue weighted by atomic mass is 9.77. The molecule has 0 aromatic heterocycles. The van der Waals surface area contributed by atoms with Gasteiger partial charge in [0.2, 0.25) is 0 Å². The second-order valence-corrected chi connectivity index (χ2v) is 8.17. The summed E-state index contributed by atoms with van der Waals surface area (Å²) in [5, 5.41) is 9.20. The van der Waals surface area contributed by atoms with Gasteiger partial charge in [-0.15, -0.1) is 0 Å². The number of rotatable bonds is 1. The molecule has 2 fully saturated rings. The van der Waals surface area contributed by atoms with Gasteiger partial charge in [0.1, 0.15) is 11.9 Å². The largest absolute Gasteiger partial charge is 0.494 e. The maximum absolute atomic E-state index is 11.2. The van der Waals surface area contributed by atoms with Crippen LogP contribution in [0.2, 0.25) is 0 Å². The molecule has 3 aliphatic rings. The van der Waals surface area contributed by atoms with Crippen LogP contribution in [0.4, 0.5) is 4.79 Å². The van der Waals surface area contributed by atoms with Crippen molar-refractivity contribution in [3.63, 3.8) is 0 Å². The van der Waals surface area contributed by atoms with E-state index in [4.69, 9.17) is 14.0 Å². The fourth-order valence-electron chi connectivity index (χ4n) is 3.81. The minimum Gasteiger partial charge on any atom is -0.488 e. The number of amides is 1. The van der Waals surface area contributed by atoms with Crippen LogP contribution in [0.25, 0.3) is 0 Å². The Morgan fingerprint density at radius 1 is 1.24 bits per heavy atom. The normalized spacial score (nSPS) is 29.1. The number of hydrogen-bond donors (Lipinski definition) is 1. The van der Waals surface area contributed by atoms with E-state index in [0.717, 1.165) is 23.2 Å². The van der Waals surface area contributed by atoms with Gasteiger partial charge in [0, 0.05) is 18.0 Å². The highest BCUT2D eigenvalue weighted by Gasteiger charge is 2.52. The van der Waals surface area contributed by atoms with Gasteiger partial charge < -0.3 is 24.1 Å². The Labute approximate surface area is 148 Å².